The molecule has 0 fully saturated rings. The van der Waals surface area contributed by atoms with Crippen molar-refractivity contribution in [3.63, 3.8) is 0 Å². The highest BCUT2D eigenvalue weighted by Crippen LogP contribution is 2.09. The van der Waals surface area contributed by atoms with Crippen molar-refractivity contribution in [3.05, 3.63) is 52.1 Å². The zero-order valence-corrected chi connectivity index (χ0v) is 6.86. The van der Waals surface area contributed by atoms with Gasteiger partial charge in [-0.15, -0.1) is 0 Å². The summed E-state index contributed by atoms with van der Waals surface area (Å²) in [6, 6.07) is 9.69. The van der Waals surface area contributed by atoms with Crippen LogP contribution in [0.3, 0.4) is 0 Å². The van der Waals surface area contributed by atoms with Crippen LogP contribution in [0, 0.1) is 16.2 Å². The third-order valence-corrected chi connectivity index (χ3v) is 1.61. The summed E-state index contributed by atoms with van der Waals surface area (Å²) < 4.78 is 0. The first-order chi connectivity index (χ1) is 5.70. The molecule has 0 aliphatic carbocycles. The molecular weight excluding hydrogens is 154 g/mol. The largest absolute Gasteiger partial charge is 0.291 e. The molecule has 0 N–H and O–H groups in total. The molecule has 0 atom stereocenters. The molecule has 0 saturated carbocycles. The highest BCUT2D eigenvalue weighted by Gasteiger charge is 2.15. The predicted molar refractivity (Wildman–Crippen MR) is 46.1 cm³/mol. The van der Waals surface area contributed by atoms with E-state index in [2.05, 4.69) is 0 Å². The summed E-state index contributed by atoms with van der Waals surface area (Å²) >= 11 is 0. The number of nitrogens with zero attached hydrogens (tertiary/aromatic N) is 1. The van der Waals surface area contributed by atoms with E-state index < -0.39 is 0 Å². The van der Waals surface area contributed by atoms with E-state index in [9.17, 15) is 10.1 Å². The maximum atomic E-state index is 10.3. The lowest BCUT2D eigenvalue weighted by molar-refractivity contribution is -0.464. The SMILES string of the molecule is C[C](Cc1ccccc1)[N+](=O)[O-]. The Morgan fingerprint density at radius 1 is 1.42 bits per heavy atom. The third kappa shape index (κ3) is 2.34. The van der Waals surface area contributed by atoms with Crippen LogP contribution in [-0.2, 0) is 6.42 Å². The van der Waals surface area contributed by atoms with Gasteiger partial charge in [0.05, 0.1) is 6.42 Å². The number of hydrogen-bond donors (Lipinski definition) is 0. The van der Waals surface area contributed by atoms with Gasteiger partial charge in [-0.1, -0.05) is 30.3 Å². The van der Waals surface area contributed by atoms with E-state index in [1.807, 2.05) is 30.3 Å². The van der Waals surface area contributed by atoms with E-state index in [1.165, 1.54) is 6.92 Å². The molecule has 3 nitrogen and oxygen atoms in total. The Morgan fingerprint density at radius 2 is 2.00 bits per heavy atom. The summed E-state index contributed by atoms with van der Waals surface area (Å²) in [5.74, 6) is 0. The highest BCUT2D eigenvalue weighted by atomic mass is 16.6. The molecule has 63 valence electrons. The zero-order valence-electron chi connectivity index (χ0n) is 6.86. The minimum Gasteiger partial charge on any atom is -0.264 e. The van der Waals surface area contributed by atoms with Crippen molar-refractivity contribution in [2.75, 3.05) is 0 Å². The lowest BCUT2D eigenvalue weighted by atomic mass is 10.1. The standard InChI is InChI=1S/C9H10NO2/c1-8(10(11)12)7-9-5-3-2-4-6-9/h2-6H,7H2,1H3. The topological polar surface area (TPSA) is 43.1 Å². The van der Waals surface area contributed by atoms with Crippen LogP contribution in [0.25, 0.3) is 0 Å². The highest BCUT2D eigenvalue weighted by molar-refractivity contribution is 5.16. The summed E-state index contributed by atoms with van der Waals surface area (Å²) in [6.07, 6.45) is 0.424. The van der Waals surface area contributed by atoms with Crippen molar-refractivity contribution in [1.82, 2.24) is 0 Å². The molecule has 0 amide bonds. The van der Waals surface area contributed by atoms with E-state index in [1.54, 1.807) is 0 Å². The zero-order chi connectivity index (χ0) is 8.97. The Kier molecular flexibility index (Phi) is 2.80. The van der Waals surface area contributed by atoms with Gasteiger partial charge in [0, 0.05) is 11.8 Å². The molecule has 0 unspecified atom stereocenters. The van der Waals surface area contributed by atoms with Gasteiger partial charge in [0.25, 0.3) is 6.04 Å². The average molecular weight is 164 g/mol. The summed E-state index contributed by atoms with van der Waals surface area (Å²) in [4.78, 5) is 9.93. The van der Waals surface area contributed by atoms with Crippen LogP contribution in [0.4, 0.5) is 0 Å². The van der Waals surface area contributed by atoms with Crippen molar-refractivity contribution >= 4 is 0 Å². The smallest absolute Gasteiger partial charge is 0.264 e. The van der Waals surface area contributed by atoms with E-state index in [0.29, 0.717) is 6.42 Å². The molecule has 0 heterocycles. The molecule has 1 aromatic carbocycles. The molecule has 1 rings (SSSR count). The second-order valence-corrected chi connectivity index (χ2v) is 2.65. The normalized spacial score (nSPS) is 10.2. The molecular formula is C9H10NO2. The van der Waals surface area contributed by atoms with Crippen LogP contribution in [0.15, 0.2) is 30.3 Å². The number of hydrogen-bond acceptors (Lipinski definition) is 2. The molecule has 0 bridgehead atoms. The lowest BCUT2D eigenvalue weighted by Gasteiger charge is -2.00. The van der Waals surface area contributed by atoms with Crippen LogP contribution < -0.4 is 0 Å². The van der Waals surface area contributed by atoms with Gasteiger partial charge in [-0.05, 0) is 5.56 Å². The van der Waals surface area contributed by atoms with Gasteiger partial charge in [0.15, 0.2) is 0 Å². The van der Waals surface area contributed by atoms with Gasteiger partial charge in [0.2, 0.25) is 0 Å². The number of nitro groups is 1. The predicted octanol–water partition coefficient (Wildman–Crippen LogP) is 2.06. The fourth-order valence-corrected chi connectivity index (χ4v) is 0.956. The van der Waals surface area contributed by atoms with Crippen LogP contribution >= 0.6 is 0 Å². The number of benzene rings is 1. The molecule has 3 heteroatoms. The monoisotopic (exact) mass is 164 g/mol. The van der Waals surface area contributed by atoms with Crippen LogP contribution in [0.2, 0.25) is 0 Å². The maximum Gasteiger partial charge on any atom is 0.291 e. The minimum atomic E-state index is -0.340. The Morgan fingerprint density at radius 3 is 2.50 bits per heavy atom. The van der Waals surface area contributed by atoms with Crippen molar-refractivity contribution in [3.8, 4) is 0 Å². The average Bonchev–Trinajstić information content (AvgIpc) is 2.06. The Balaban J connectivity index is 2.58. The molecule has 1 radical (unpaired) electrons. The minimum absolute atomic E-state index is 0.279. The van der Waals surface area contributed by atoms with Gasteiger partial charge in [-0.2, -0.15) is 0 Å². The van der Waals surface area contributed by atoms with Gasteiger partial charge < -0.3 is 0 Å². The molecule has 12 heavy (non-hydrogen) atoms. The lowest BCUT2D eigenvalue weighted by Crippen LogP contribution is -2.08. The quantitative estimate of drug-likeness (QED) is 0.507. The van der Waals surface area contributed by atoms with Crippen LogP contribution in [-0.4, -0.2) is 4.92 Å². The molecule has 0 aliphatic heterocycles. The third-order valence-electron chi connectivity index (χ3n) is 1.61. The van der Waals surface area contributed by atoms with Crippen molar-refractivity contribution in [2.45, 2.75) is 13.3 Å². The summed E-state index contributed by atoms with van der Waals surface area (Å²) in [5.41, 5.74) is 0.978. The number of rotatable bonds is 3. The van der Waals surface area contributed by atoms with Crippen LogP contribution in [0.1, 0.15) is 12.5 Å². The molecule has 0 aliphatic rings. The van der Waals surface area contributed by atoms with E-state index in [0.717, 1.165) is 5.56 Å². The summed E-state index contributed by atoms with van der Waals surface area (Å²) in [7, 11) is 0. The Hall–Kier alpha value is -1.38. The second-order valence-electron chi connectivity index (χ2n) is 2.65. The van der Waals surface area contributed by atoms with E-state index in [-0.39, 0.29) is 11.0 Å². The van der Waals surface area contributed by atoms with Crippen molar-refractivity contribution in [2.24, 2.45) is 0 Å². The van der Waals surface area contributed by atoms with E-state index >= 15 is 0 Å². The second kappa shape index (κ2) is 3.85. The molecule has 0 aromatic heterocycles. The van der Waals surface area contributed by atoms with Crippen molar-refractivity contribution in [1.29, 1.82) is 0 Å². The first-order valence-corrected chi connectivity index (χ1v) is 3.71. The molecule has 0 saturated heterocycles. The maximum absolute atomic E-state index is 10.3. The van der Waals surface area contributed by atoms with Crippen molar-refractivity contribution < 1.29 is 4.92 Å². The fraction of sp³-hybridized carbons (Fsp3) is 0.222. The first kappa shape index (κ1) is 8.71. The van der Waals surface area contributed by atoms with Gasteiger partial charge in [-0.3, -0.25) is 10.1 Å². The van der Waals surface area contributed by atoms with Gasteiger partial charge in [0.1, 0.15) is 0 Å². The summed E-state index contributed by atoms with van der Waals surface area (Å²) in [5, 5.41) is 10.3. The molecule has 1 aromatic rings. The van der Waals surface area contributed by atoms with Gasteiger partial charge >= 0.3 is 0 Å². The van der Waals surface area contributed by atoms with E-state index in [4.69, 9.17) is 0 Å². The van der Waals surface area contributed by atoms with Gasteiger partial charge in [-0.25, -0.2) is 0 Å². The fourth-order valence-electron chi connectivity index (χ4n) is 0.956. The van der Waals surface area contributed by atoms with Crippen LogP contribution in [0.5, 0.6) is 0 Å². The Bertz CT molecular complexity index is 258. The summed E-state index contributed by atoms with van der Waals surface area (Å²) in [6.45, 7) is 1.53. The molecule has 0 spiro atoms. The Labute approximate surface area is 71.2 Å². The first-order valence-electron chi connectivity index (χ1n) is 3.71.